The summed E-state index contributed by atoms with van der Waals surface area (Å²) >= 11 is 0. The molecule has 8 nitrogen and oxygen atoms in total. The molecule has 7 heterocycles. The third-order valence-electron chi connectivity index (χ3n) is 8.72. The normalized spacial score (nSPS) is 18.7. The van der Waals surface area contributed by atoms with Crippen LogP contribution in [0.1, 0.15) is 82.3 Å². The Hall–Kier alpha value is -4.07. The van der Waals surface area contributed by atoms with Crippen LogP contribution in [0.3, 0.4) is 0 Å². The number of amides is 1. The number of hydrogen-bond donors (Lipinski definition) is 1. The van der Waals surface area contributed by atoms with E-state index >= 15 is 0 Å². The predicted octanol–water partition coefficient (Wildman–Crippen LogP) is 5.30. The van der Waals surface area contributed by atoms with Crippen molar-refractivity contribution in [3.05, 3.63) is 87.6 Å². The Bertz CT molecular complexity index is 1580. The van der Waals surface area contributed by atoms with Crippen LogP contribution in [0.4, 0.5) is 0 Å². The summed E-state index contributed by atoms with van der Waals surface area (Å²) in [6.07, 6.45) is 7.87. The highest BCUT2D eigenvalue weighted by molar-refractivity contribution is 5.94. The number of carbonyl (C=O) groups is 2. The molecule has 2 aromatic heterocycles. The van der Waals surface area contributed by atoms with Gasteiger partial charge in [0.1, 0.15) is 5.52 Å². The summed E-state index contributed by atoms with van der Waals surface area (Å²) in [4.78, 5) is 32.4. The molecule has 0 radical (unpaired) electrons. The number of nitrogens with zero attached hydrogens (tertiary/aromatic N) is 5. The second-order valence-corrected chi connectivity index (χ2v) is 11.3. The molecule has 206 valence electrons. The van der Waals surface area contributed by atoms with E-state index in [9.17, 15) is 14.7 Å². The summed E-state index contributed by atoms with van der Waals surface area (Å²) in [5.41, 5.74) is 8.36. The number of aromatic nitrogens is 4. The van der Waals surface area contributed by atoms with Gasteiger partial charge in [-0.2, -0.15) is 0 Å². The standard InChI is InChI=1S/C32H35N5O3/c1-20-27-18-33-30-29(20)34-35-37(30)15-6-4-3-5-7-22-8-10-24(11-9-22)31(38)36-16-14-23-12-13-25(17-26(23)19-36)28(27)21(2)32(39)40/h8-13,17-18,21,28H,3-7,14-16,19H2,1-2H3,(H,39,40)/t21-,28-/m1/s1. The number of aryl methyl sites for hydroxylation is 3. The molecule has 2 atom stereocenters. The molecule has 9 bridgehead atoms. The van der Waals surface area contributed by atoms with Gasteiger partial charge < -0.3 is 10.0 Å². The SMILES string of the molecule is Cc1c2cnc3c1nnn3CCCCCCc1ccc(cc1)C(=O)N1CCc3ccc(cc3C1)[C@H]2[C@@H](C)C(=O)O. The zero-order valence-electron chi connectivity index (χ0n) is 23.1. The molecule has 1 amide bonds. The van der Waals surface area contributed by atoms with Crippen molar-refractivity contribution in [3.63, 3.8) is 0 Å². The molecular weight excluding hydrogens is 502 g/mol. The summed E-state index contributed by atoms with van der Waals surface area (Å²) in [5.74, 6) is -1.93. The van der Waals surface area contributed by atoms with Crippen molar-refractivity contribution in [2.75, 3.05) is 6.54 Å². The van der Waals surface area contributed by atoms with E-state index in [1.165, 1.54) is 11.1 Å². The minimum atomic E-state index is -0.868. The number of benzene rings is 2. The highest BCUT2D eigenvalue weighted by Crippen LogP contribution is 2.37. The van der Waals surface area contributed by atoms with E-state index in [4.69, 9.17) is 4.98 Å². The van der Waals surface area contributed by atoms with Crippen LogP contribution >= 0.6 is 0 Å². The van der Waals surface area contributed by atoms with E-state index in [2.05, 4.69) is 34.6 Å². The summed E-state index contributed by atoms with van der Waals surface area (Å²) in [6.45, 7) is 5.65. The molecule has 4 aromatic rings. The number of pyridine rings is 1. The van der Waals surface area contributed by atoms with Gasteiger partial charge in [-0.25, -0.2) is 9.67 Å². The molecule has 40 heavy (non-hydrogen) atoms. The highest BCUT2D eigenvalue weighted by atomic mass is 16.4. The van der Waals surface area contributed by atoms with Gasteiger partial charge >= 0.3 is 5.97 Å². The van der Waals surface area contributed by atoms with Crippen LogP contribution in [-0.4, -0.2) is 48.4 Å². The van der Waals surface area contributed by atoms with E-state index in [0.29, 0.717) is 18.7 Å². The van der Waals surface area contributed by atoms with E-state index in [-0.39, 0.29) is 5.91 Å². The molecule has 0 saturated heterocycles. The van der Waals surface area contributed by atoms with Gasteiger partial charge in [-0.3, -0.25) is 9.59 Å². The lowest BCUT2D eigenvalue weighted by Gasteiger charge is -2.31. The maximum atomic E-state index is 13.4. The molecule has 8 heteroatoms. The van der Waals surface area contributed by atoms with Gasteiger partial charge in [-0.1, -0.05) is 55.3 Å². The molecule has 0 fully saturated rings. The van der Waals surface area contributed by atoms with Crippen LogP contribution < -0.4 is 0 Å². The van der Waals surface area contributed by atoms with Crippen LogP contribution in [0, 0.1) is 12.8 Å². The maximum absolute atomic E-state index is 13.4. The number of aliphatic carboxylic acids is 1. The van der Waals surface area contributed by atoms with Gasteiger partial charge in [0.15, 0.2) is 5.65 Å². The van der Waals surface area contributed by atoms with Gasteiger partial charge in [0, 0.05) is 37.3 Å². The highest BCUT2D eigenvalue weighted by Gasteiger charge is 2.31. The molecule has 0 spiro atoms. The number of hydrogen-bond acceptors (Lipinski definition) is 5. The topological polar surface area (TPSA) is 101 Å². The van der Waals surface area contributed by atoms with E-state index in [0.717, 1.165) is 78.5 Å². The minimum absolute atomic E-state index is 0.0359. The lowest BCUT2D eigenvalue weighted by Crippen LogP contribution is -2.36. The van der Waals surface area contributed by atoms with E-state index in [1.807, 2.05) is 40.9 Å². The number of carboxylic acids is 1. The van der Waals surface area contributed by atoms with Gasteiger partial charge in [-0.05, 0) is 78.1 Å². The summed E-state index contributed by atoms with van der Waals surface area (Å²) < 4.78 is 1.87. The first-order chi connectivity index (χ1) is 19.4. The van der Waals surface area contributed by atoms with Crippen LogP contribution in [0.5, 0.6) is 0 Å². The van der Waals surface area contributed by atoms with Crippen LogP contribution in [0.2, 0.25) is 0 Å². The summed E-state index contributed by atoms with van der Waals surface area (Å²) in [6, 6.07) is 14.3. The fraction of sp³-hybridized carbons (Fsp3) is 0.406. The Balaban J connectivity index is 1.44. The Labute approximate surface area is 234 Å². The van der Waals surface area contributed by atoms with E-state index in [1.54, 1.807) is 6.92 Å². The monoisotopic (exact) mass is 537 g/mol. The van der Waals surface area contributed by atoms with Gasteiger partial charge in [0.05, 0.1) is 5.92 Å². The quantitative estimate of drug-likeness (QED) is 0.372. The fourth-order valence-electron chi connectivity index (χ4n) is 6.27. The van der Waals surface area contributed by atoms with Crippen molar-refractivity contribution in [2.45, 2.75) is 71.4 Å². The average Bonchev–Trinajstić information content (AvgIpc) is 3.39. The van der Waals surface area contributed by atoms with Crippen molar-refractivity contribution in [2.24, 2.45) is 5.92 Å². The zero-order valence-corrected chi connectivity index (χ0v) is 23.1. The Kier molecular flexibility index (Phi) is 7.09. The third-order valence-corrected chi connectivity index (χ3v) is 8.72. The van der Waals surface area contributed by atoms with Gasteiger partial charge in [0.25, 0.3) is 5.91 Å². The van der Waals surface area contributed by atoms with E-state index < -0.39 is 17.8 Å². The molecule has 0 saturated carbocycles. The minimum Gasteiger partial charge on any atom is -0.481 e. The molecule has 9 rings (SSSR count). The van der Waals surface area contributed by atoms with Crippen molar-refractivity contribution in [3.8, 4) is 0 Å². The number of carbonyl (C=O) groups excluding carboxylic acids is 1. The maximum Gasteiger partial charge on any atom is 0.307 e. The van der Waals surface area contributed by atoms with Crippen molar-refractivity contribution in [1.82, 2.24) is 24.9 Å². The van der Waals surface area contributed by atoms with Gasteiger partial charge in [-0.15, -0.1) is 5.10 Å². The Morgan fingerprint density at radius 3 is 2.60 bits per heavy atom. The van der Waals surface area contributed by atoms with Crippen molar-refractivity contribution >= 4 is 23.0 Å². The molecule has 5 aliphatic heterocycles. The number of carboxylic acid groups (broad SMARTS) is 1. The molecule has 1 N–H and O–H groups in total. The first-order valence-corrected chi connectivity index (χ1v) is 14.3. The fourth-order valence-corrected chi connectivity index (χ4v) is 6.27. The van der Waals surface area contributed by atoms with Crippen molar-refractivity contribution in [1.29, 1.82) is 0 Å². The van der Waals surface area contributed by atoms with Crippen LogP contribution in [0.25, 0.3) is 11.2 Å². The first-order valence-electron chi connectivity index (χ1n) is 14.3. The lowest BCUT2D eigenvalue weighted by atomic mass is 9.79. The average molecular weight is 538 g/mol. The lowest BCUT2D eigenvalue weighted by molar-refractivity contribution is -0.141. The molecule has 5 aliphatic rings. The smallest absolute Gasteiger partial charge is 0.307 e. The number of rotatable bonds is 2. The zero-order chi connectivity index (χ0) is 27.8. The summed E-state index contributed by atoms with van der Waals surface area (Å²) in [7, 11) is 0. The van der Waals surface area contributed by atoms with Crippen LogP contribution in [-0.2, 0) is 30.7 Å². The molecule has 2 aromatic carbocycles. The molecular formula is C32H35N5O3. The Morgan fingerprint density at radius 1 is 1.00 bits per heavy atom. The second kappa shape index (κ2) is 10.8. The Morgan fingerprint density at radius 2 is 1.80 bits per heavy atom. The van der Waals surface area contributed by atoms with Gasteiger partial charge in [0.2, 0.25) is 0 Å². The predicted molar refractivity (Wildman–Crippen MR) is 152 cm³/mol. The van der Waals surface area contributed by atoms with Crippen LogP contribution in [0.15, 0.2) is 48.7 Å². The van der Waals surface area contributed by atoms with Crippen molar-refractivity contribution < 1.29 is 14.7 Å². The molecule has 0 aliphatic carbocycles. The third kappa shape index (κ3) is 4.87. The largest absolute Gasteiger partial charge is 0.481 e. The first kappa shape index (κ1) is 26.2. The summed E-state index contributed by atoms with van der Waals surface area (Å²) in [5, 5.41) is 19.0. The second-order valence-electron chi connectivity index (χ2n) is 11.3. The molecule has 0 unspecified atom stereocenters.